The fourth-order valence-electron chi connectivity index (χ4n) is 2.97. The Kier molecular flexibility index (Phi) is 9.32. The van der Waals surface area contributed by atoms with Crippen molar-refractivity contribution in [3.05, 3.63) is 35.9 Å². The summed E-state index contributed by atoms with van der Waals surface area (Å²) in [5, 5.41) is 3.28. The van der Waals surface area contributed by atoms with Crippen molar-refractivity contribution in [1.82, 2.24) is 15.1 Å². The molecule has 130 valence electrons. The molecule has 2 fully saturated rings. The number of nitrogens with one attached hydrogen (secondary N) is 1. The van der Waals surface area contributed by atoms with Gasteiger partial charge in [-0.25, -0.2) is 0 Å². The Morgan fingerprint density at radius 2 is 1.91 bits per heavy atom. The molecule has 2 aliphatic heterocycles. The van der Waals surface area contributed by atoms with Gasteiger partial charge >= 0.3 is 0 Å². The molecule has 0 saturated carbocycles. The lowest BCUT2D eigenvalue weighted by Crippen LogP contribution is -2.46. The molecule has 3 rings (SSSR count). The molecule has 2 aliphatic rings. The van der Waals surface area contributed by atoms with Crippen LogP contribution in [0.15, 0.2) is 30.3 Å². The number of carbonyl (C=O) groups excluding carboxylic acids is 1. The van der Waals surface area contributed by atoms with Crippen molar-refractivity contribution < 1.29 is 4.79 Å². The second kappa shape index (κ2) is 10.4. The standard InChI is InChI=1S/C16H23N3OS.2ClH/c20-16(15-12-21-13-17-15)19-8-4-7-18(9-10-19)11-14-5-2-1-3-6-14;;/h1-3,5-6,15,17H,4,7-13H2;2*1H/t15-;;/m1../s1. The average molecular weight is 378 g/mol. The molecule has 1 atom stereocenters. The molecule has 1 aromatic carbocycles. The SMILES string of the molecule is Cl.Cl.O=C([C@H]1CSCN1)N1CCCN(Cc2ccccc2)CC1. The van der Waals surface area contributed by atoms with Crippen LogP contribution in [0.2, 0.25) is 0 Å². The minimum atomic E-state index is 0. The van der Waals surface area contributed by atoms with Gasteiger partial charge in [-0.05, 0) is 12.0 Å². The maximum absolute atomic E-state index is 12.4. The maximum Gasteiger partial charge on any atom is 0.240 e. The van der Waals surface area contributed by atoms with Crippen molar-refractivity contribution in [1.29, 1.82) is 0 Å². The minimum Gasteiger partial charge on any atom is -0.340 e. The number of carbonyl (C=O) groups is 1. The maximum atomic E-state index is 12.4. The van der Waals surface area contributed by atoms with Crippen molar-refractivity contribution in [2.75, 3.05) is 37.8 Å². The lowest BCUT2D eigenvalue weighted by atomic mass is 10.2. The van der Waals surface area contributed by atoms with Gasteiger partial charge in [-0.2, -0.15) is 0 Å². The molecule has 2 heterocycles. The van der Waals surface area contributed by atoms with Gasteiger partial charge in [0.1, 0.15) is 0 Å². The van der Waals surface area contributed by atoms with Crippen molar-refractivity contribution in [2.24, 2.45) is 0 Å². The molecule has 7 heteroatoms. The van der Waals surface area contributed by atoms with Crippen LogP contribution in [0.5, 0.6) is 0 Å². The van der Waals surface area contributed by atoms with Gasteiger partial charge in [-0.1, -0.05) is 30.3 Å². The predicted molar refractivity (Wildman–Crippen MR) is 102 cm³/mol. The summed E-state index contributed by atoms with van der Waals surface area (Å²) in [5.41, 5.74) is 1.35. The molecule has 0 radical (unpaired) electrons. The Bertz CT molecular complexity index is 472. The molecule has 0 aromatic heterocycles. The van der Waals surface area contributed by atoms with E-state index in [1.807, 2.05) is 11.8 Å². The molecule has 0 spiro atoms. The van der Waals surface area contributed by atoms with Crippen LogP contribution in [0.1, 0.15) is 12.0 Å². The summed E-state index contributed by atoms with van der Waals surface area (Å²) in [4.78, 5) is 17.0. The molecule has 4 nitrogen and oxygen atoms in total. The van der Waals surface area contributed by atoms with Gasteiger partial charge in [-0.15, -0.1) is 36.6 Å². The highest BCUT2D eigenvalue weighted by molar-refractivity contribution is 7.99. The van der Waals surface area contributed by atoms with Gasteiger partial charge in [0.05, 0.1) is 6.04 Å². The average Bonchev–Trinajstić information content (AvgIpc) is 2.95. The third-order valence-electron chi connectivity index (χ3n) is 4.16. The van der Waals surface area contributed by atoms with Crippen LogP contribution >= 0.6 is 36.6 Å². The van der Waals surface area contributed by atoms with Gasteiger partial charge < -0.3 is 4.90 Å². The highest BCUT2D eigenvalue weighted by atomic mass is 35.5. The van der Waals surface area contributed by atoms with Crippen LogP contribution in [-0.2, 0) is 11.3 Å². The molecular weight excluding hydrogens is 353 g/mol. The largest absolute Gasteiger partial charge is 0.340 e. The molecule has 0 aliphatic carbocycles. The van der Waals surface area contributed by atoms with Crippen LogP contribution in [0.4, 0.5) is 0 Å². The van der Waals surface area contributed by atoms with Crippen molar-refractivity contribution in [3.8, 4) is 0 Å². The third kappa shape index (κ3) is 5.84. The van der Waals surface area contributed by atoms with Gasteiger partial charge in [0.25, 0.3) is 0 Å². The number of benzene rings is 1. The summed E-state index contributed by atoms with van der Waals surface area (Å²) in [6.45, 7) is 4.79. The van der Waals surface area contributed by atoms with Crippen LogP contribution in [-0.4, -0.2) is 59.6 Å². The lowest BCUT2D eigenvalue weighted by molar-refractivity contribution is -0.132. The lowest BCUT2D eigenvalue weighted by Gasteiger charge is -2.24. The number of hydrogen-bond acceptors (Lipinski definition) is 4. The molecule has 23 heavy (non-hydrogen) atoms. The normalized spacial score (nSPS) is 21.9. The Morgan fingerprint density at radius 1 is 1.13 bits per heavy atom. The van der Waals surface area contributed by atoms with Gasteiger partial charge in [0.15, 0.2) is 0 Å². The first-order valence-electron chi connectivity index (χ1n) is 7.69. The highest BCUT2D eigenvalue weighted by Gasteiger charge is 2.28. The summed E-state index contributed by atoms with van der Waals surface area (Å²) in [5.74, 6) is 2.12. The van der Waals surface area contributed by atoms with E-state index in [9.17, 15) is 4.79 Å². The van der Waals surface area contributed by atoms with Crippen LogP contribution in [0.25, 0.3) is 0 Å². The number of rotatable bonds is 3. The van der Waals surface area contributed by atoms with Crippen LogP contribution in [0, 0.1) is 0 Å². The zero-order valence-electron chi connectivity index (χ0n) is 13.1. The van der Waals surface area contributed by atoms with Crippen molar-refractivity contribution in [2.45, 2.75) is 19.0 Å². The first-order chi connectivity index (χ1) is 10.3. The summed E-state index contributed by atoms with van der Waals surface area (Å²) in [6, 6.07) is 10.6. The monoisotopic (exact) mass is 377 g/mol. The number of hydrogen-bond donors (Lipinski definition) is 1. The molecule has 1 aromatic rings. The molecule has 0 unspecified atom stereocenters. The Balaban J connectivity index is 0.00000132. The summed E-state index contributed by atoms with van der Waals surface area (Å²) < 4.78 is 0. The first kappa shape index (κ1) is 20.6. The minimum absolute atomic E-state index is 0. The van der Waals surface area contributed by atoms with Gasteiger partial charge in [0.2, 0.25) is 5.91 Å². The second-order valence-electron chi connectivity index (χ2n) is 5.71. The first-order valence-corrected chi connectivity index (χ1v) is 8.84. The summed E-state index contributed by atoms with van der Waals surface area (Å²) >= 11 is 1.81. The zero-order chi connectivity index (χ0) is 14.5. The van der Waals surface area contributed by atoms with E-state index in [0.717, 1.165) is 50.8 Å². The van der Waals surface area contributed by atoms with Crippen molar-refractivity contribution in [3.63, 3.8) is 0 Å². The molecular formula is C16H25Cl2N3OS. The highest BCUT2D eigenvalue weighted by Crippen LogP contribution is 2.14. The second-order valence-corrected chi connectivity index (χ2v) is 6.74. The van der Waals surface area contributed by atoms with E-state index in [-0.39, 0.29) is 30.9 Å². The van der Waals surface area contributed by atoms with E-state index in [2.05, 4.69) is 45.4 Å². The smallest absolute Gasteiger partial charge is 0.240 e. The van der Waals surface area contributed by atoms with Crippen LogP contribution < -0.4 is 5.32 Å². The van der Waals surface area contributed by atoms with Gasteiger partial charge in [-0.3, -0.25) is 15.0 Å². The van der Waals surface area contributed by atoms with E-state index in [1.165, 1.54) is 5.56 Å². The quantitative estimate of drug-likeness (QED) is 0.875. The fourth-order valence-corrected chi connectivity index (χ4v) is 3.90. The predicted octanol–water partition coefficient (Wildman–Crippen LogP) is 2.23. The van der Waals surface area contributed by atoms with E-state index >= 15 is 0 Å². The Labute approximate surface area is 155 Å². The number of nitrogens with zero attached hydrogens (tertiary/aromatic N) is 2. The number of amides is 1. The van der Waals surface area contributed by atoms with Crippen LogP contribution in [0.3, 0.4) is 0 Å². The molecule has 2 saturated heterocycles. The summed E-state index contributed by atoms with van der Waals surface area (Å²) in [6.07, 6.45) is 1.07. The van der Waals surface area contributed by atoms with Gasteiger partial charge in [0, 0.05) is 44.4 Å². The van der Waals surface area contributed by atoms with Crippen molar-refractivity contribution >= 4 is 42.5 Å². The number of thioether (sulfide) groups is 1. The van der Waals surface area contributed by atoms with E-state index in [4.69, 9.17) is 0 Å². The topological polar surface area (TPSA) is 35.6 Å². The fraction of sp³-hybridized carbons (Fsp3) is 0.562. The van der Waals surface area contributed by atoms with E-state index in [0.29, 0.717) is 5.91 Å². The molecule has 1 amide bonds. The Hall–Kier alpha value is -0.460. The number of halogens is 2. The molecule has 1 N–H and O–H groups in total. The zero-order valence-corrected chi connectivity index (χ0v) is 15.6. The summed E-state index contributed by atoms with van der Waals surface area (Å²) in [7, 11) is 0. The van der Waals surface area contributed by atoms with E-state index in [1.54, 1.807) is 0 Å². The molecule has 0 bridgehead atoms. The van der Waals surface area contributed by atoms with E-state index < -0.39 is 0 Å². The Morgan fingerprint density at radius 3 is 2.61 bits per heavy atom. The third-order valence-corrected chi connectivity index (χ3v) is 5.10.